The predicted molar refractivity (Wildman–Crippen MR) is 179 cm³/mol. The fraction of sp³-hybridized carbons (Fsp3) is 0.968. The van der Waals surface area contributed by atoms with Gasteiger partial charge in [-0.15, -0.1) is 0 Å². The van der Waals surface area contributed by atoms with Crippen molar-refractivity contribution >= 4 is 37.4 Å². The zero-order chi connectivity index (χ0) is 29.4. The van der Waals surface area contributed by atoms with E-state index in [9.17, 15) is 4.79 Å². The van der Waals surface area contributed by atoms with Crippen molar-refractivity contribution in [1.82, 2.24) is 4.90 Å². The van der Waals surface area contributed by atoms with Crippen molar-refractivity contribution in [1.29, 1.82) is 0 Å². The van der Waals surface area contributed by atoms with Crippen LogP contribution in [0.25, 0.3) is 0 Å². The van der Waals surface area contributed by atoms with Crippen molar-refractivity contribution in [2.24, 2.45) is 5.41 Å². The number of hydrogen-bond acceptors (Lipinski definition) is 5. The molecular formula is C31H67NO4SSi2. The van der Waals surface area contributed by atoms with Crippen LogP contribution in [-0.4, -0.2) is 68.0 Å². The molecule has 234 valence electrons. The molecule has 0 rings (SSSR count). The molecular weight excluding hydrogens is 539 g/mol. The minimum absolute atomic E-state index is 0.129. The normalized spacial score (nSPS) is 14.9. The quantitative estimate of drug-likeness (QED) is 0.0534. The number of ether oxygens (including phenoxy) is 1. The minimum atomic E-state index is -0.555. The summed E-state index contributed by atoms with van der Waals surface area (Å²) in [7, 11) is 0.754. The molecule has 0 fully saturated rings. The molecule has 0 aromatic rings. The molecule has 8 heteroatoms. The summed E-state index contributed by atoms with van der Waals surface area (Å²) in [6, 6.07) is 0. The lowest BCUT2D eigenvalue weighted by Gasteiger charge is -2.40. The maximum Gasteiger partial charge on any atom is 0.409 e. The molecule has 0 N–H and O–H groups in total. The third kappa shape index (κ3) is 20.5. The van der Waals surface area contributed by atoms with Crippen molar-refractivity contribution in [2.45, 2.75) is 161 Å². The predicted octanol–water partition coefficient (Wildman–Crippen LogP) is 8.48. The zero-order valence-electron chi connectivity index (χ0n) is 27.4. The van der Waals surface area contributed by atoms with Crippen LogP contribution < -0.4 is 0 Å². The van der Waals surface area contributed by atoms with E-state index in [-0.39, 0.29) is 22.5 Å². The SMILES string of the molecule is CCCCCCCCCCCCCCCCCCN(C)C(=O)OCC(C)(CC(C)(C)C(O[SiH2]C)O[SiH2]C)SC. The second-order valence-corrected chi connectivity index (χ2v) is 15.6. The molecule has 39 heavy (non-hydrogen) atoms. The molecule has 0 aromatic heterocycles. The second kappa shape index (κ2) is 24.6. The molecule has 5 nitrogen and oxygen atoms in total. The summed E-state index contributed by atoms with van der Waals surface area (Å²) in [5.74, 6) is 0. The van der Waals surface area contributed by atoms with E-state index in [0.717, 1.165) is 19.4 Å². The van der Waals surface area contributed by atoms with Crippen LogP contribution in [0, 0.1) is 5.41 Å². The average molecular weight is 606 g/mol. The Morgan fingerprint density at radius 3 is 1.56 bits per heavy atom. The standard InChI is InChI=1S/C31H67NO4SSi2/c1-9-10-11-12-13-14-15-16-17-18-19-20-21-22-23-24-25-32(5)29(33)34-27-31(4,37-6)26-30(2,3)28(35-38-7)36-39-8/h28H,9-27,38-39H2,1-8H3. The lowest BCUT2D eigenvalue weighted by molar-refractivity contribution is -0.0869. The minimum Gasteiger partial charge on any atom is -0.448 e. The van der Waals surface area contributed by atoms with Crippen LogP contribution in [0.2, 0.25) is 13.1 Å². The van der Waals surface area contributed by atoms with Gasteiger partial charge in [0, 0.05) is 23.8 Å². The van der Waals surface area contributed by atoms with Crippen molar-refractivity contribution in [3.05, 3.63) is 0 Å². The molecule has 0 bridgehead atoms. The van der Waals surface area contributed by atoms with E-state index >= 15 is 0 Å². The highest BCUT2D eigenvalue weighted by atomic mass is 32.2. The van der Waals surface area contributed by atoms with E-state index in [0.29, 0.717) is 6.61 Å². The van der Waals surface area contributed by atoms with Crippen LogP contribution in [0.5, 0.6) is 0 Å². The molecule has 1 atom stereocenters. The first-order valence-electron chi connectivity index (χ1n) is 16.3. The van der Waals surface area contributed by atoms with Gasteiger partial charge >= 0.3 is 6.09 Å². The lowest BCUT2D eigenvalue weighted by atomic mass is 9.82. The summed E-state index contributed by atoms with van der Waals surface area (Å²) in [4.78, 5) is 14.4. The van der Waals surface area contributed by atoms with Gasteiger partial charge in [0.05, 0.1) is 0 Å². The van der Waals surface area contributed by atoms with Crippen molar-refractivity contribution < 1.29 is 18.4 Å². The van der Waals surface area contributed by atoms with Gasteiger partial charge < -0.3 is 18.5 Å². The van der Waals surface area contributed by atoms with Crippen LogP contribution in [-0.2, 0) is 13.6 Å². The number of carbonyl (C=O) groups is 1. The number of amides is 1. The molecule has 0 aliphatic rings. The first kappa shape index (κ1) is 39.0. The van der Waals surface area contributed by atoms with Crippen LogP contribution in [0.15, 0.2) is 0 Å². The van der Waals surface area contributed by atoms with Gasteiger partial charge in [0.15, 0.2) is 19.5 Å². The van der Waals surface area contributed by atoms with Crippen molar-refractivity contribution in [3.63, 3.8) is 0 Å². The van der Waals surface area contributed by atoms with E-state index in [1.165, 1.54) is 96.3 Å². The molecule has 0 spiro atoms. The van der Waals surface area contributed by atoms with Crippen LogP contribution in [0.1, 0.15) is 137 Å². The number of unbranched alkanes of at least 4 members (excludes halogenated alkanes) is 15. The number of carbonyl (C=O) groups excluding carboxylic acids is 1. The van der Waals surface area contributed by atoms with Gasteiger partial charge in [-0.1, -0.05) is 130 Å². The second-order valence-electron chi connectivity index (χ2n) is 12.3. The smallest absolute Gasteiger partial charge is 0.409 e. The molecule has 0 heterocycles. The molecule has 0 aromatic carbocycles. The topological polar surface area (TPSA) is 48.0 Å². The monoisotopic (exact) mass is 605 g/mol. The summed E-state index contributed by atoms with van der Waals surface area (Å²) < 4.78 is 17.7. The first-order chi connectivity index (χ1) is 18.7. The first-order valence-corrected chi connectivity index (χ1v) is 21.5. The third-order valence-corrected chi connectivity index (χ3v) is 10.3. The number of hydrogen-bond donors (Lipinski definition) is 0. The van der Waals surface area contributed by atoms with Gasteiger partial charge in [-0.3, -0.25) is 0 Å². The van der Waals surface area contributed by atoms with E-state index in [4.69, 9.17) is 13.6 Å². The van der Waals surface area contributed by atoms with Crippen molar-refractivity contribution in [2.75, 3.05) is 26.5 Å². The summed E-state index contributed by atoms with van der Waals surface area (Å²) in [6.45, 7) is 14.4. The van der Waals surface area contributed by atoms with Gasteiger partial charge in [0.1, 0.15) is 12.9 Å². The third-order valence-electron chi connectivity index (χ3n) is 7.76. The van der Waals surface area contributed by atoms with Gasteiger partial charge in [-0.25, -0.2) is 4.79 Å². The van der Waals surface area contributed by atoms with Crippen LogP contribution in [0.4, 0.5) is 4.79 Å². The Hall–Kier alpha value is -0.0262. The summed E-state index contributed by atoms with van der Waals surface area (Å²) in [5.41, 5.74) is -0.129. The lowest BCUT2D eigenvalue weighted by Crippen LogP contribution is -2.43. The molecule has 0 aliphatic heterocycles. The average Bonchev–Trinajstić information content (AvgIpc) is 2.91. The molecule has 1 unspecified atom stereocenters. The highest BCUT2D eigenvalue weighted by Crippen LogP contribution is 2.40. The number of thioether (sulfide) groups is 1. The molecule has 0 radical (unpaired) electrons. The summed E-state index contributed by atoms with van der Waals surface area (Å²) >= 11 is 1.76. The van der Waals surface area contributed by atoms with E-state index in [1.54, 1.807) is 16.7 Å². The Morgan fingerprint density at radius 2 is 1.18 bits per heavy atom. The summed E-state index contributed by atoms with van der Waals surface area (Å²) in [5, 5.41) is 0. The maximum absolute atomic E-state index is 12.7. The Labute approximate surface area is 252 Å². The fourth-order valence-corrected chi connectivity index (χ4v) is 7.93. The maximum atomic E-state index is 12.7. The molecule has 0 saturated heterocycles. The Morgan fingerprint density at radius 1 is 0.769 bits per heavy atom. The highest BCUT2D eigenvalue weighted by Gasteiger charge is 2.39. The number of rotatable bonds is 27. The molecule has 0 aliphatic carbocycles. The van der Waals surface area contributed by atoms with E-state index in [2.05, 4.69) is 47.0 Å². The number of nitrogens with zero attached hydrogens (tertiary/aromatic N) is 1. The van der Waals surface area contributed by atoms with E-state index in [1.807, 2.05) is 7.05 Å². The Balaban J connectivity index is 3.98. The molecule has 1 amide bonds. The fourth-order valence-electron chi connectivity index (χ4n) is 5.34. The van der Waals surface area contributed by atoms with Crippen molar-refractivity contribution in [3.8, 4) is 0 Å². The summed E-state index contributed by atoms with van der Waals surface area (Å²) in [6.07, 6.45) is 24.4. The van der Waals surface area contributed by atoms with Gasteiger partial charge in [0.25, 0.3) is 0 Å². The van der Waals surface area contributed by atoms with Crippen LogP contribution in [0.3, 0.4) is 0 Å². The Kier molecular flexibility index (Phi) is 24.5. The van der Waals surface area contributed by atoms with Gasteiger partial charge in [0.2, 0.25) is 0 Å². The van der Waals surface area contributed by atoms with Gasteiger partial charge in [-0.05, 0) is 26.0 Å². The highest BCUT2D eigenvalue weighted by molar-refractivity contribution is 8.00. The van der Waals surface area contributed by atoms with Crippen LogP contribution >= 0.6 is 11.8 Å². The zero-order valence-corrected chi connectivity index (χ0v) is 31.1. The molecule has 0 saturated carbocycles. The largest absolute Gasteiger partial charge is 0.448 e. The Bertz CT molecular complexity index is 579. The van der Waals surface area contributed by atoms with Gasteiger partial charge in [-0.2, -0.15) is 11.8 Å². The van der Waals surface area contributed by atoms with E-state index < -0.39 is 19.5 Å².